The number of aromatic nitrogens is 1. The van der Waals surface area contributed by atoms with Crippen molar-refractivity contribution in [1.29, 1.82) is 0 Å². The maximum atomic E-state index is 12.5. The normalized spacial score (nSPS) is 11.4. The van der Waals surface area contributed by atoms with Gasteiger partial charge in [-0.15, -0.1) is 0 Å². The summed E-state index contributed by atoms with van der Waals surface area (Å²) >= 11 is 0. The van der Waals surface area contributed by atoms with Crippen molar-refractivity contribution in [3.63, 3.8) is 0 Å². The zero-order chi connectivity index (χ0) is 22.2. The highest BCUT2D eigenvalue weighted by Gasteiger charge is 2.18. The van der Waals surface area contributed by atoms with Crippen LogP contribution in [0.3, 0.4) is 0 Å². The number of ether oxygens (including phenoxy) is 1. The van der Waals surface area contributed by atoms with E-state index in [2.05, 4.69) is 5.32 Å². The molecule has 158 valence electrons. The lowest BCUT2D eigenvalue weighted by Crippen LogP contribution is -2.32. The number of aryl methyl sites for hydroxylation is 1. The minimum atomic E-state index is -0.482. The second-order valence-corrected chi connectivity index (χ2v) is 7.22. The quantitative estimate of drug-likeness (QED) is 0.265. The van der Waals surface area contributed by atoms with E-state index >= 15 is 0 Å². The molecule has 0 saturated heterocycles. The molecule has 1 atom stereocenters. The Morgan fingerprint density at radius 2 is 1.55 bits per heavy atom. The molecule has 1 unspecified atom stereocenters. The van der Waals surface area contributed by atoms with Gasteiger partial charge in [-0.05, 0) is 18.6 Å². The number of hydrogen-bond acceptors (Lipinski definition) is 4. The summed E-state index contributed by atoms with van der Waals surface area (Å²) in [6.07, 6.45) is 3.56. The molecule has 0 spiro atoms. The van der Waals surface area contributed by atoms with Crippen LogP contribution in [0.25, 0.3) is 0 Å². The summed E-state index contributed by atoms with van der Waals surface area (Å²) in [5.74, 6) is -1.16. The Labute approximate surface area is 181 Å². The van der Waals surface area contributed by atoms with Crippen LogP contribution in [-0.4, -0.2) is 30.8 Å². The molecular weight excluding hydrogens is 392 g/mol. The molecule has 31 heavy (non-hydrogen) atoms. The predicted octanol–water partition coefficient (Wildman–Crippen LogP) is 2.82. The van der Waals surface area contributed by atoms with Gasteiger partial charge >= 0.3 is 5.97 Å². The number of carbonyl (C=O) groups is 3. The minimum Gasteiger partial charge on any atom is -0.463 e. The molecule has 1 heterocycles. The highest BCUT2D eigenvalue weighted by Crippen LogP contribution is 2.19. The Balaban J connectivity index is 1.48. The Bertz CT molecular complexity index is 1060. The van der Waals surface area contributed by atoms with Crippen LogP contribution < -0.4 is 9.88 Å². The van der Waals surface area contributed by atoms with Crippen LogP contribution in [0.15, 0.2) is 79.1 Å². The van der Waals surface area contributed by atoms with Crippen LogP contribution in [-0.2, 0) is 16.6 Å². The van der Waals surface area contributed by atoms with E-state index in [1.807, 2.05) is 31.4 Å². The smallest absolute Gasteiger partial charge is 0.313 e. The molecule has 0 radical (unpaired) electrons. The third-order valence-corrected chi connectivity index (χ3v) is 4.90. The number of rotatable bonds is 8. The van der Waals surface area contributed by atoms with Crippen molar-refractivity contribution < 1.29 is 23.7 Å². The number of hydrogen-bond donors (Lipinski definition) is 1. The molecule has 2 aromatic carbocycles. The molecule has 1 aromatic heterocycles. The number of carbonyl (C=O) groups excluding carboxylic acids is 3. The summed E-state index contributed by atoms with van der Waals surface area (Å²) in [7, 11) is 1.84. The molecule has 0 saturated carbocycles. The SMILES string of the molecule is CC(C(=O)OCCNC(=O)c1ccc[n+](C)c1)c1ccc(C(=O)c2ccccc2)cc1. The van der Waals surface area contributed by atoms with Crippen LogP contribution in [0.1, 0.15) is 44.7 Å². The van der Waals surface area contributed by atoms with E-state index < -0.39 is 5.92 Å². The number of pyridine rings is 1. The number of nitrogens with zero attached hydrogens (tertiary/aromatic N) is 1. The highest BCUT2D eigenvalue weighted by molar-refractivity contribution is 6.09. The number of nitrogens with one attached hydrogen (secondary N) is 1. The lowest BCUT2D eigenvalue weighted by Gasteiger charge is -2.13. The molecule has 3 aromatic rings. The maximum Gasteiger partial charge on any atom is 0.313 e. The first-order valence-corrected chi connectivity index (χ1v) is 10.1. The van der Waals surface area contributed by atoms with Gasteiger partial charge < -0.3 is 10.1 Å². The summed E-state index contributed by atoms with van der Waals surface area (Å²) in [5, 5.41) is 2.73. The summed E-state index contributed by atoms with van der Waals surface area (Å²) in [6.45, 7) is 2.05. The van der Waals surface area contributed by atoms with Gasteiger partial charge in [0.25, 0.3) is 5.91 Å². The standard InChI is InChI=1S/C25H24N2O4/c1-18(19-10-12-21(13-11-19)23(28)20-7-4-3-5-8-20)25(30)31-16-14-26-24(29)22-9-6-15-27(2)17-22/h3-13,15,17-18H,14,16H2,1-2H3/p+1. The van der Waals surface area contributed by atoms with Crippen molar-refractivity contribution in [3.8, 4) is 0 Å². The van der Waals surface area contributed by atoms with Crippen LogP contribution in [0.5, 0.6) is 0 Å². The van der Waals surface area contributed by atoms with E-state index in [4.69, 9.17) is 4.74 Å². The zero-order valence-electron chi connectivity index (χ0n) is 17.6. The molecule has 1 N–H and O–H groups in total. The van der Waals surface area contributed by atoms with E-state index in [-0.39, 0.29) is 30.8 Å². The summed E-state index contributed by atoms with van der Waals surface area (Å²) in [6, 6.07) is 19.5. The second-order valence-electron chi connectivity index (χ2n) is 7.22. The van der Waals surface area contributed by atoms with Crippen molar-refractivity contribution in [2.24, 2.45) is 7.05 Å². The van der Waals surface area contributed by atoms with Crippen molar-refractivity contribution >= 4 is 17.7 Å². The fourth-order valence-electron chi connectivity index (χ4n) is 3.08. The van der Waals surface area contributed by atoms with Crippen LogP contribution >= 0.6 is 0 Å². The Kier molecular flexibility index (Phi) is 7.27. The largest absolute Gasteiger partial charge is 0.463 e. The van der Waals surface area contributed by atoms with Crippen LogP contribution in [0, 0.1) is 0 Å². The lowest BCUT2D eigenvalue weighted by molar-refractivity contribution is -0.671. The summed E-state index contributed by atoms with van der Waals surface area (Å²) < 4.78 is 7.08. The van der Waals surface area contributed by atoms with Gasteiger partial charge in [0.15, 0.2) is 18.2 Å². The van der Waals surface area contributed by atoms with Gasteiger partial charge in [-0.25, -0.2) is 4.57 Å². The Morgan fingerprint density at radius 3 is 2.23 bits per heavy atom. The maximum absolute atomic E-state index is 12.5. The van der Waals surface area contributed by atoms with E-state index in [1.165, 1.54) is 0 Å². The Hall–Kier alpha value is -3.80. The zero-order valence-corrected chi connectivity index (χ0v) is 17.6. The van der Waals surface area contributed by atoms with Gasteiger partial charge in [0.2, 0.25) is 0 Å². The first-order chi connectivity index (χ1) is 15.0. The summed E-state index contributed by atoms with van der Waals surface area (Å²) in [5.41, 5.74) is 2.48. The van der Waals surface area contributed by atoms with Gasteiger partial charge in [0.1, 0.15) is 19.2 Å². The third-order valence-electron chi connectivity index (χ3n) is 4.90. The van der Waals surface area contributed by atoms with Gasteiger partial charge in [-0.2, -0.15) is 0 Å². The molecule has 6 nitrogen and oxygen atoms in total. The van der Waals surface area contributed by atoms with Crippen molar-refractivity contribution in [2.75, 3.05) is 13.2 Å². The van der Waals surface area contributed by atoms with Crippen molar-refractivity contribution in [2.45, 2.75) is 12.8 Å². The second kappa shape index (κ2) is 10.3. The number of ketones is 1. The molecule has 1 amide bonds. The average Bonchev–Trinajstić information content (AvgIpc) is 2.81. The fourth-order valence-corrected chi connectivity index (χ4v) is 3.08. The van der Waals surface area contributed by atoms with E-state index in [0.29, 0.717) is 16.7 Å². The molecule has 0 aliphatic rings. The number of esters is 1. The number of amides is 1. The van der Waals surface area contributed by atoms with Gasteiger partial charge in [-0.3, -0.25) is 14.4 Å². The van der Waals surface area contributed by atoms with Gasteiger partial charge in [0, 0.05) is 17.2 Å². The summed E-state index contributed by atoms with van der Waals surface area (Å²) in [4.78, 5) is 36.9. The Morgan fingerprint density at radius 1 is 0.903 bits per heavy atom. The van der Waals surface area contributed by atoms with Crippen molar-refractivity contribution in [3.05, 3.63) is 101 Å². The predicted molar refractivity (Wildman–Crippen MR) is 116 cm³/mol. The minimum absolute atomic E-state index is 0.0647. The van der Waals surface area contributed by atoms with E-state index in [9.17, 15) is 14.4 Å². The number of benzene rings is 2. The molecule has 0 bridgehead atoms. The topological polar surface area (TPSA) is 76.3 Å². The van der Waals surface area contributed by atoms with Gasteiger partial charge in [0.05, 0.1) is 12.5 Å². The molecule has 6 heteroatoms. The van der Waals surface area contributed by atoms with Crippen LogP contribution in [0.2, 0.25) is 0 Å². The average molecular weight is 417 g/mol. The molecule has 0 aliphatic carbocycles. The molecular formula is C25H25N2O4+. The van der Waals surface area contributed by atoms with Crippen molar-refractivity contribution in [1.82, 2.24) is 5.32 Å². The lowest BCUT2D eigenvalue weighted by atomic mass is 9.97. The first kappa shape index (κ1) is 21.9. The third kappa shape index (κ3) is 5.85. The monoisotopic (exact) mass is 417 g/mol. The van der Waals surface area contributed by atoms with E-state index in [0.717, 1.165) is 5.56 Å². The molecule has 0 aliphatic heterocycles. The fraction of sp³-hybridized carbons (Fsp3) is 0.200. The molecule has 0 fully saturated rings. The van der Waals surface area contributed by atoms with E-state index in [1.54, 1.807) is 66.2 Å². The van der Waals surface area contributed by atoms with Crippen LogP contribution in [0.4, 0.5) is 0 Å². The first-order valence-electron chi connectivity index (χ1n) is 10.1. The van der Waals surface area contributed by atoms with Gasteiger partial charge in [-0.1, -0.05) is 54.6 Å². The molecule has 3 rings (SSSR count). The highest BCUT2D eigenvalue weighted by atomic mass is 16.5.